The van der Waals surface area contributed by atoms with Gasteiger partial charge in [0.15, 0.2) is 5.52 Å². The summed E-state index contributed by atoms with van der Waals surface area (Å²) in [5.74, 6) is 0.825. The maximum Gasteiger partial charge on any atom is 0.321 e. The molecule has 1 aromatic carbocycles. The molecule has 0 atom stereocenters. The van der Waals surface area contributed by atoms with Gasteiger partial charge in [-0.3, -0.25) is 14.4 Å². The van der Waals surface area contributed by atoms with Gasteiger partial charge in [-0.1, -0.05) is 11.6 Å². The number of hydrogen-bond acceptors (Lipinski definition) is 5. The summed E-state index contributed by atoms with van der Waals surface area (Å²) in [5.41, 5.74) is 2.06. The first-order valence-corrected chi connectivity index (χ1v) is 9.63. The highest BCUT2D eigenvalue weighted by Crippen LogP contribution is 2.25. The maximum absolute atomic E-state index is 13.3. The summed E-state index contributed by atoms with van der Waals surface area (Å²) in [4.78, 5) is 35.9. The van der Waals surface area contributed by atoms with Crippen molar-refractivity contribution in [2.75, 3.05) is 18.0 Å². The fourth-order valence-corrected chi connectivity index (χ4v) is 3.65. The van der Waals surface area contributed by atoms with E-state index in [1.165, 1.54) is 15.4 Å². The van der Waals surface area contributed by atoms with Crippen LogP contribution in [0.2, 0.25) is 5.02 Å². The van der Waals surface area contributed by atoms with Crippen LogP contribution in [0.4, 0.5) is 10.5 Å². The Morgan fingerprint density at radius 1 is 1.07 bits per heavy atom. The van der Waals surface area contributed by atoms with Gasteiger partial charge in [-0.15, -0.1) is 0 Å². The summed E-state index contributed by atoms with van der Waals surface area (Å²) < 4.78 is 2.94. The van der Waals surface area contributed by atoms with Gasteiger partial charge in [-0.2, -0.15) is 5.10 Å². The van der Waals surface area contributed by atoms with E-state index >= 15 is 0 Å². The van der Waals surface area contributed by atoms with Gasteiger partial charge in [0.05, 0.1) is 11.2 Å². The Morgan fingerprint density at radius 3 is 2.53 bits per heavy atom. The van der Waals surface area contributed by atoms with Crippen LogP contribution >= 0.6 is 11.6 Å². The van der Waals surface area contributed by atoms with Crippen LogP contribution in [0.25, 0.3) is 28.2 Å². The molecule has 1 saturated heterocycles. The van der Waals surface area contributed by atoms with Gasteiger partial charge in [-0.25, -0.2) is 19.3 Å². The maximum atomic E-state index is 13.3. The average molecular weight is 422 g/mol. The molecule has 30 heavy (non-hydrogen) atoms. The predicted octanol–water partition coefficient (Wildman–Crippen LogP) is 2.36. The van der Waals surface area contributed by atoms with E-state index in [2.05, 4.69) is 20.4 Å². The standard InChI is InChI=1S/C20H16ClN7O2/c1-26-17-15(11-24-26)25-18(28(19(17)29)16-7-4-13(21)10-23-16)12-2-5-14(6-3-12)27-9-8-22-20(27)30/h2-7,10-11H,8-9H2,1H3,(H,22,30). The minimum atomic E-state index is -0.284. The SMILES string of the molecule is Cn1ncc2nc(-c3ccc(N4CCNC4=O)cc3)n(-c3ccc(Cl)cn3)c(=O)c21. The third-order valence-corrected chi connectivity index (χ3v) is 5.22. The summed E-state index contributed by atoms with van der Waals surface area (Å²) in [6.45, 7) is 1.22. The summed E-state index contributed by atoms with van der Waals surface area (Å²) >= 11 is 5.97. The van der Waals surface area contributed by atoms with Crippen molar-refractivity contribution >= 4 is 34.4 Å². The lowest BCUT2D eigenvalue weighted by atomic mass is 10.1. The highest BCUT2D eigenvalue weighted by atomic mass is 35.5. The second-order valence-corrected chi connectivity index (χ2v) is 7.28. The lowest BCUT2D eigenvalue weighted by Gasteiger charge is -2.16. The third kappa shape index (κ3) is 2.91. The molecule has 1 N–H and O–H groups in total. The fraction of sp³-hybridized carbons (Fsp3) is 0.150. The first-order valence-electron chi connectivity index (χ1n) is 9.25. The van der Waals surface area contributed by atoms with Crippen LogP contribution in [0.1, 0.15) is 0 Å². The van der Waals surface area contributed by atoms with Crippen LogP contribution in [0.15, 0.2) is 53.6 Å². The van der Waals surface area contributed by atoms with Crippen molar-refractivity contribution in [3.8, 4) is 17.2 Å². The first kappa shape index (κ1) is 18.3. The van der Waals surface area contributed by atoms with Gasteiger partial charge in [0, 0.05) is 37.6 Å². The molecule has 0 aliphatic carbocycles. The number of aromatic nitrogens is 5. The Hall–Kier alpha value is -3.72. The Morgan fingerprint density at radius 2 is 1.87 bits per heavy atom. The quantitative estimate of drug-likeness (QED) is 0.547. The number of urea groups is 1. The number of nitrogens with one attached hydrogen (secondary N) is 1. The van der Waals surface area contributed by atoms with Crippen molar-refractivity contribution in [2.24, 2.45) is 7.05 Å². The fourth-order valence-electron chi connectivity index (χ4n) is 3.54. The average Bonchev–Trinajstić information content (AvgIpc) is 3.34. The Bertz CT molecular complexity index is 1330. The molecule has 1 aliphatic rings. The number of benzene rings is 1. The third-order valence-electron chi connectivity index (χ3n) is 5.00. The normalized spacial score (nSPS) is 13.8. The molecular weight excluding hydrogens is 406 g/mol. The molecule has 1 aliphatic heterocycles. The molecule has 0 bridgehead atoms. The van der Waals surface area contributed by atoms with Crippen LogP contribution in [0.3, 0.4) is 0 Å². The lowest BCUT2D eigenvalue weighted by Crippen LogP contribution is -2.27. The zero-order chi connectivity index (χ0) is 20.8. The minimum Gasteiger partial charge on any atom is -0.336 e. The molecule has 10 heteroatoms. The number of rotatable bonds is 3. The molecule has 0 unspecified atom stereocenters. The van der Waals surface area contributed by atoms with Crippen molar-refractivity contribution in [3.05, 3.63) is 64.2 Å². The smallest absolute Gasteiger partial charge is 0.321 e. The van der Waals surface area contributed by atoms with E-state index in [-0.39, 0.29) is 11.6 Å². The number of hydrogen-bond donors (Lipinski definition) is 1. The van der Waals surface area contributed by atoms with Gasteiger partial charge >= 0.3 is 6.03 Å². The van der Waals surface area contributed by atoms with Crippen LogP contribution in [0, 0.1) is 0 Å². The number of anilines is 1. The van der Waals surface area contributed by atoms with Crippen LogP contribution in [-0.4, -0.2) is 43.4 Å². The van der Waals surface area contributed by atoms with Gasteiger partial charge < -0.3 is 5.32 Å². The second kappa shape index (κ2) is 6.96. The molecule has 0 spiro atoms. The molecule has 0 radical (unpaired) electrons. The number of nitrogens with zero attached hydrogens (tertiary/aromatic N) is 6. The molecule has 4 heterocycles. The summed E-state index contributed by atoms with van der Waals surface area (Å²) in [6.07, 6.45) is 3.04. The van der Waals surface area contributed by atoms with Crippen molar-refractivity contribution in [1.82, 2.24) is 29.6 Å². The van der Waals surface area contributed by atoms with Crippen molar-refractivity contribution in [1.29, 1.82) is 0 Å². The molecular formula is C20H16ClN7O2. The van der Waals surface area contributed by atoms with E-state index in [0.717, 1.165) is 5.69 Å². The molecule has 3 aromatic heterocycles. The Balaban J connectivity index is 1.70. The molecule has 9 nitrogen and oxygen atoms in total. The highest BCUT2D eigenvalue weighted by Gasteiger charge is 2.22. The number of halogens is 1. The molecule has 150 valence electrons. The number of aryl methyl sites for hydroxylation is 1. The van der Waals surface area contributed by atoms with Crippen LogP contribution in [-0.2, 0) is 7.05 Å². The number of carbonyl (C=O) groups is 1. The first-order chi connectivity index (χ1) is 14.5. The zero-order valence-corrected chi connectivity index (χ0v) is 16.7. The molecule has 0 saturated carbocycles. The number of amides is 2. The van der Waals surface area contributed by atoms with Gasteiger partial charge in [0.2, 0.25) is 0 Å². The van der Waals surface area contributed by atoms with Crippen LogP contribution < -0.4 is 15.8 Å². The largest absolute Gasteiger partial charge is 0.336 e. The highest BCUT2D eigenvalue weighted by molar-refractivity contribution is 6.30. The van der Waals surface area contributed by atoms with E-state index in [1.54, 1.807) is 30.3 Å². The summed E-state index contributed by atoms with van der Waals surface area (Å²) in [5, 5.41) is 7.41. The van der Waals surface area contributed by atoms with Crippen molar-refractivity contribution in [3.63, 3.8) is 0 Å². The van der Waals surface area contributed by atoms with Gasteiger partial charge in [0.25, 0.3) is 5.56 Å². The van der Waals surface area contributed by atoms with Gasteiger partial charge in [-0.05, 0) is 36.4 Å². The Kier molecular flexibility index (Phi) is 4.25. The van der Waals surface area contributed by atoms with Crippen LogP contribution in [0.5, 0.6) is 0 Å². The monoisotopic (exact) mass is 421 g/mol. The number of pyridine rings is 1. The Labute approximate surface area is 175 Å². The van der Waals surface area contributed by atoms with E-state index in [9.17, 15) is 9.59 Å². The predicted molar refractivity (Wildman–Crippen MR) is 113 cm³/mol. The molecule has 4 aromatic rings. The van der Waals surface area contributed by atoms with Crippen molar-refractivity contribution < 1.29 is 4.79 Å². The summed E-state index contributed by atoms with van der Waals surface area (Å²) in [6, 6.07) is 10.5. The molecule has 2 amide bonds. The van der Waals surface area contributed by atoms with E-state index < -0.39 is 0 Å². The van der Waals surface area contributed by atoms with E-state index in [1.807, 2.05) is 24.3 Å². The minimum absolute atomic E-state index is 0.125. The molecule has 5 rings (SSSR count). The zero-order valence-electron chi connectivity index (χ0n) is 15.9. The second-order valence-electron chi connectivity index (χ2n) is 6.84. The molecule has 1 fully saturated rings. The van der Waals surface area contributed by atoms with E-state index in [0.29, 0.717) is 46.4 Å². The number of fused-ring (bicyclic) bond motifs is 1. The van der Waals surface area contributed by atoms with E-state index in [4.69, 9.17) is 11.6 Å². The van der Waals surface area contributed by atoms with Gasteiger partial charge in [0.1, 0.15) is 17.2 Å². The lowest BCUT2D eigenvalue weighted by molar-refractivity contribution is 0.252. The summed E-state index contributed by atoms with van der Waals surface area (Å²) in [7, 11) is 1.70. The number of carbonyl (C=O) groups excluding carboxylic acids is 1. The van der Waals surface area contributed by atoms with Crippen molar-refractivity contribution in [2.45, 2.75) is 0 Å². The topological polar surface area (TPSA) is 97.9 Å².